The van der Waals surface area contributed by atoms with E-state index in [-0.39, 0.29) is 6.04 Å². The average molecular weight is 390 g/mol. The Balaban J connectivity index is 1.85. The third kappa shape index (κ3) is 2.80. The molecule has 2 aromatic carbocycles. The quantitative estimate of drug-likeness (QED) is 0.694. The Bertz CT molecular complexity index is 969. The Morgan fingerprint density at radius 2 is 1.81 bits per heavy atom. The Morgan fingerprint density at radius 3 is 2.54 bits per heavy atom. The van der Waals surface area contributed by atoms with Crippen molar-refractivity contribution in [3.63, 3.8) is 0 Å². The van der Waals surface area contributed by atoms with Crippen molar-refractivity contribution >= 4 is 33.0 Å². The zero-order valence-electron chi connectivity index (χ0n) is 14.9. The topological polar surface area (TPSA) is 39.7 Å². The van der Waals surface area contributed by atoms with E-state index in [1.165, 1.54) is 11.1 Å². The molecule has 0 saturated heterocycles. The summed E-state index contributed by atoms with van der Waals surface area (Å²) in [6.45, 7) is 0.890. The number of hydrogen-bond acceptors (Lipinski definition) is 5. The van der Waals surface area contributed by atoms with Gasteiger partial charge < -0.3 is 19.5 Å². The summed E-state index contributed by atoms with van der Waals surface area (Å²) < 4.78 is 17.4. The van der Waals surface area contributed by atoms with Crippen LogP contribution in [0.25, 0.3) is 10.1 Å². The van der Waals surface area contributed by atoms with Crippen LogP contribution in [0.3, 0.4) is 0 Å². The average Bonchev–Trinajstić information content (AvgIpc) is 3.01. The lowest BCUT2D eigenvalue weighted by Crippen LogP contribution is -2.30. The monoisotopic (exact) mass is 389 g/mol. The third-order valence-electron chi connectivity index (χ3n) is 4.82. The first-order chi connectivity index (χ1) is 12.7. The largest absolute Gasteiger partial charge is 0.497 e. The molecule has 1 aromatic heterocycles. The number of rotatable bonds is 4. The number of thiophene rings is 1. The molecular formula is C20H20ClNO3S. The van der Waals surface area contributed by atoms with E-state index in [0.29, 0.717) is 0 Å². The zero-order chi connectivity index (χ0) is 18.3. The summed E-state index contributed by atoms with van der Waals surface area (Å²) in [5, 5.41) is 5.47. The summed E-state index contributed by atoms with van der Waals surface area (Å²) in [5.74, 6) is 2.34. The lowest BCUT2D eigenvalue weighted by Gasteiger charge is -2.27. The van der Waals surface area contributed by atoms with E-state index < -0.39 is 0 Å². The van der Waals surface area contributed by atoms with Crippen molar-refractivity contribution < 1.29 is 14.2 Å². The lowest BCUT2D eigenvalue weighted by atomic mass is 9.92. The lowest BCUT2D eigenvalue weighted by molar-refractivity contribution is 0.353. The van der Waals surface area contributed by atoms with Crippen LogP contribution in [0.5, 0.6) is 17.2 Å². The number of benzene rings is 2. The van der Waals surface area contributed by atoms with Gasteiger partial charge in [0.25, 0.3) is 0 Å². The van der Waals surface area contributed by atoms with E-state index in [4.69, 9.17) is 25.8 Å². The third-order valence-corrected chi connectivity index (χ3v) is 6.56. The molecule has 3 aromatic rings. The second-order valence-corrected chi connectivity index (χ2v) is 7.65. The van der Waals surface area contributed by atoms with Crippen LogP contribution in [0.2, 0.25) is 5.02 Å². The number of hydrogen-bond donors (Lipinski definition) is 1. The molecule has 6 heteroatoms. The van der Waals surface area contributed by atoms with Crippen molar-refractivity contribution in [2.75, 3.05) is 27.9 Å². The summed E-state index contributed by atoms with van der Waals surface area (Å²) in [5.41, 5.74) is 2.45. The molecule has 0 spiro atoms. The minimum absolute atomic E-state index is 0.0365. The fraction of sp³-hybridized carbons (Fsp3) is 0.300. The molecule has 0 bridgehead atoms. The van der Waals surface area contributed by atoms with Crippen molar-refractivity contribution in [3.05, 3.63) is 51.4 Å². The number of fused-ring (bicyclic) bond motifs is 2. The molecule has 4 nitrogen and oxygen atoms in total. The van der Waals surface area contributed by atoms with Gasteiger partial charge in [-0.15, -0.1) is 11.3 Å². The molecule has 0 aliphatic carbocycles. The molecule has 4 rings (SSSR count). The van der Waals surface area contributed by atoms with Crippen molar-refractivity contribution in [3.8, 4) is 17.2 Å². The minimum Gasteiger partial charge on any atom is -0.497 e. The highest BCUT2D eigenvalue weighted by Crippen LogP contribution is 2.45. The van der Waals surface area contributed by atoms with Gasteiger partial charge in [0.05, 0.1) is 32.4 Å². The first-order valence-corrected chi connectivity index (χ1v) is 9.59. The van der Waals surface area contributed by atoms with Crippen molar-refractivity contribution in [1.29, 1.82) is 0 Å². The van der Waals surface area contributed by atoms with Crippen LogP contribution in [-0.4, -0.2) is 27.9 Å². The van der Waals surface area contributed by atoms with E-state index in [1.807, 2.05) is 18.2 Å². The summed E-state index contributed by atoms with van der Waals surface area (Å²) in [4.78, 5) is 1.11. The normalized spacial score (nSPS) is 16.4. The summed E-state index contributed by atoms with van der Waals surface area (Å²) in [6.07, 6.45) is 0.947. The fourth-order valence-electron chi connectivity index (χ4n) is 3.49. The highest BCUT2D eigenvalue weighted by atomic mass is 35.5. The SMILES string of the molecule is COc1ccc2c(Cl)c(C3NCCc4cc(OC)c(OC)cc43)sc2c1. The van der Waals surface area contributed by atoms with Gasteiger partial charge in [-0.05, 0) is 47.9 Å². The van der Waals surface area contributed by atoms with Crippen molar-refractivity contribution in [2.45, 2.75) is 12.5 Å². The summed E-state index contributed by atoms with van der Waals surface area (Å²) in [7, 11) is 5.00. The fourth-order valence-corrected chi connectivity index (χ4v) is 5.16. The van der Waals surface area contributed by atoms with E-state index in [0.717, 1.165) is 50.2 Å². The van der Waals surface area contributed by atoms with Gasteiger partial charge in [0.2, 0.25) is 0 Å². The first-order valence-electron chi connectivity index (χ1n) is 8.40. The molecular weight excluding hydrogens is 370 g/mol. The molecule has 2 heterocycles. The molecule has 0 saturated carbocycles. The van der Waals surface area contributed by atoms with E-state index >= 15 is 0 Å². The standard InChI is InChI=1S/C20H20ClNO3S/c1-23-12-4-5-13-17(9-12)26-20(18(13)21)19-14-10-16(25-3)15(24-2)8-11(14)6-7-22-19/h4-5,8-10,19,22H,6-7H2,1-3H3. The maximum atomic E-state index is 6.76. The van der Waals surface area contributed by atoms with Crippen molar-refractivity contribution in [2.24, 2.45) is 0 Å². The van der Waals surface area contributed by atoms with Crippen LogP contribution in [0.15, 0.2) is 30.3 Å². The van der Waals surface area contributed by atoms with Crippen molar-refractivity contribution in [1.82, 2.24) is 5.32 Å². The van der Waals surface area contributed by atoms with Gasteiger partial charge in [0, 0.05) is 21.5 Å². The molecule has 0 amide bonds. The van der Waals surface area contributed by atoms with Gasteiger partial charge in [-0.2, -0.15) is 0 Å². The predicted molar refractivity (Wildman–Crippen MR) is 106 cm³/mol. The molecule has 26 heavy (non-hydrogen) atoms. The molecule has 1 aliphatic rings. The van der Waals surface area contributed by atoms with Gasteiger partial charge in [-0.1, -0.05) is 11.6 Å². The predicted octanol–water partition coefficient (Wildman–Crippen LogP) is 4.82. The number of halogens is 1. The number of nitrogens with one attached hydrogen (secondary N) is 1. The summed E-state index contributed by atoms with van der Waals surface area (Å²) >= 11 is 8.46. The number of methoxy groups -OCH3 is 3. The summed E-state index contributed by atoms with van der Waals surface area (Å²) in [6, 6.07) is 10.2. The first kappa shape index (κ1) is 17.5. The number of ether oxygens (including phenoxy) is 3. The van der Waals surface area contributed by atoms with Gasteiger partial charge in [-0.25, -0.2) is 0 Å². The molecule has 0 fully saturated rings. The highest BCUT2D eigenvalue weighted by molar-refractivity contribution is 7.20. The van der Waals surface area contributed by atoms with Crippen LogP contribution >= 0.6 is 22.9 Å². The molecule has 1 atom stereocenters. The second kappa shape index (κ2) is 6.99. The van der Waals surface area contributed by atoms with Gasteiger partial charge >= 0.3 is 0 Å². The second-order valence-electron chi connectivity index (χ2n) is 6.19. The Kier molecular flexibility index (Phi) is 4.69. The van der Waals surface area contributed by atoms with E-state index in [9.17, 15) is 0 Å². The maximum absolute atomic E-state index is 6.76. The van der Waals surface area contributed by atoms with Gasteiger partial charge in [0.1, 0.15) is 5.75 Å². The van der Waals surface area contributed by atoms with Crippen LogP contribution in [0.1, 0.15) is 22.0 Å². The molecule has 1 N–H and O–H groups in total. The Morgan fingerprint density at radius 1 is 1.04 bits per heavy atom. The Hall–Kier alpha value is -1.95. The maximum Gasteiger partial charge on any atom is 0.161 e. The van der Waals surface area contributed by atoms with Crippen LogP contribution in [-0.2, 0) is 6.42 Å². The zero-order valence-corrected chi connectivity index (χ0v) is 16.5. The molecule has 1 aliphatic heterocycles. The molecule has 136 valence electrons. The van der Waals surface area contributed by atoms with Crippen LogP contribution < -0.4 is 19.5 Å². The van der Waals surface area contributed by atoms with Gasteiger partial charge in [-0.3, -0.25) is 0 Å². The smallest absolute Gasteiger partial charge is 0.161 e. The highest BCUT2D eigenvalue weighted by Gasteiger charge is 2.27. The van der Waals surface area contributed by atoms with E-state index in [2.05, 4.69) is 17.4 Å². The molecule has 1 unspecified atom stereocenters. The van der Waals surface area contributed by atoms with Gasteiger partial charge in [0.15, 0.2) is 11.5 Å². The Labute approximate surface area is 161 Å². The minimum atomic E-state index is 0.0365. The van der Waals surface area contributed by atoms with E-state index in [1.54, 1.807) is 32.7 Å². The van der Waals surface area contributed by atoms with Crippen LogP contribution in [0.4, 0.5) is 0 Å². The van der Waals surface area contributed by atoms with Crippen LogP contribution in [0, 0.1) is 0 Å². The molecule has 0 radical (unpaired) electrons.